The second kappa shape index (κ2) is 8.58. The minimum Gasteiger partial charge on any atom is -0.493 e. The molecular weight excluding hydrogens is 512 g/mol. The summed E-state index contributed by atoms with van der Waals surface area (Å²) in [6, 6.07) is 6.09. The van der Waals surface area contributed by atoms with E-state index in [0.717, 1.165) is 0 Å². The van der Waals surface area contributed by atoms with Gasteiger partial charge < -0.3 is 24.3 Å². The third kappa shape index (κ3) is 3.85. The topological polar surface area (TPSA) is 74.7 Å². The normalized spacial score (nSPS) is 24.5. The number of nitrogens with one attached hydrogen (secondary N) is 1. The van der Waals surface area contributed by atoms with E-state index < -0.39 is 30.3 Å². The summed E-state index contributed by atoms with van der Waals surface area (Å²) in [5.74, 6) is 0.671. The lowest BCUT2D eigenvalue weighted by atomic mass is 10.1. The van der Waals surface area contributed by atoms with E-state index in [1.54, 1.807) is 12.1 Å². The molecule has 0 radical (unpaired) electrons. The first kappa shape index (κ1) is 21.6. The molecule has 0 aliphatic carbocycles. The Kier molecular flexibility index (Phi) is 5.79. The number of hydrogen-bond acceptors (Lipinski definition) is 7. The number of alkyl halides is 1. The monoisotopic (exact) mass is 527 g/mol. The van der Waals surface area contributed by atoms with Crippen LogP contribution >= 0.6 is 27.5 Å². The lowest BCUT2D eigenvalue weighted by Gasteiger charge is -2.20. The summed E-state index contributed by atoms with van der Waals surface area (Å²) >= 11 is 9.29. The van der Waals surface area contributed by atoms with Crippen molar-refractivity contribution in [3.8, 4) is 11.5 Å². The van der Waals surface area contributed by atoms with Gasteiger partial charge in [-0.3, -0.25) is 0 Å². The van der Waals surface area contributed by atoms with Gasteiger partial charge in [-0.15, -0.1) is 0 Å². The minimum atomic E-state index is -1.17. The fourth-order valence-electron chi connectivity index (χ4n) is 3.84. The zero-order valence-corrected chi connectivity index (χ0v) is 19.0. The Morgan fingerprint density at radius 2 is 1.94 bits per heavy atom. The first-order chi connectivity index (χ1) is 15.4. The molecule has 2 fully saturated rings. The van der Waals surface area contributed by atoms with Crippen LogP contribution in [0.5, 0.6) is 11.5 Å². The second-order valence-corrected chi connectivity index (χ2v) is 8.64. The summed E-state index contributed by atoms with van der Waals surface area (Å²) in [5.41, 5.74) is 0.693. The summed E-state index contributed by atoms with van der Waals surface area (Å²) < 4.78 is 51.3. The molecule has 3 heterocycles. The van der Waals surface area contributed by atoms with Crippen molar-refractivity contribution in [2.45, 2.75) is 24.5 Å². The Morgan fingerprint density at radius 1 is 1.12 bits per heavy atom. The van der Waals surface area contributed by atoms with E-state index in [4.69, 9.17) is 30.5 Å². The van der Waals surface area contributed by atoms with E-state index >= 15 is 0 Å². The lowest BCUT2D eigenvalue weighted by molar-refractivity contribution is 0.0271. The molecule has 1 aromatic heterocycles. The molecule has 0 amide bonds. The standard InChI is InChI=1S/C21H17BrClF2N3O4/c1-29-16-2-9-14(5-17(16)32-18-7-31-19-13(25)6-30-20(18)19)26-8-27-21(9)28-15-4-11(23)10(22)3-12(15)24/h2-5,8,13,18-20H,6-7H2,1H3,(H,26,27,28)/t13?,18?,19-,20-/m0/s1. The number of anilines is 2. The predicted molar refractivity (Wildman–Crippen MR) is 117 cm³/mol. The largest absolute Gasteiger partial charge is 0.493 e. The van der Waals surface area contributed by atoms with Gasteiger partial charge in [0.1, 0.15) is 30.2 Å². The lowest BCUT2D eigenvalue weighted by Crippen LogP contribution is -2.33. The number of ether oxygens (including phenoxy) is 4. The smallest absolute Gasteiger partial charge is 0.164 e. The summed E-state index contributed by atoms with van der Waals surface area (Å²) in [5, 5.41) is 3.88. The van der Waals surface area contributed by atoms with Gasteiger partial charge in [0.25, 0.3) is 0 Å². The van der Waals surface area contributed by atoms with Gasteiger partial charge in [-0.1, -0.05) is 11.6 Å². The van der Waals surface area contributed by atoms with Crippen molar-refractivity contribution in [2.75, 3.05) is 25.6 Å². The summed E-state index contributed by atoms with van der Waals surface area (Å²) in [4.78, 5) is 8.52. The van der Waals surface area contributed by atoms with Crippen LogP contribution in [0.1, 0.15) is 0 Å². The van der Waals surface area contributed by atoms with Crippen molar-refractivity contribution in [1.82, 2.24) is 9.97 Å². The van der Waals surface area contributed by atoms with Crippen molar-refractivity contribution in [2.24, 2.45) is 0 Å². The summed E-state index contributed by atoms with van der Waals surface area (Å²) in [6.07, 6.45) is -1.41. The molecule has 3 aromatic rings. The van der Waals surface area contributed by atoms with Crippen LogP contribution in [-0.4, -0.2) is 54.8 Å². The average molecular weight is 529 g/mol. The Balaban J connectivity index is 1.47. The number of fused-ring (bicyclic) bond motifs is 2. The number of rotatable bonds is 5. The van der Waals surface area contributed by atoms with Gasteiger partial charge in [-0.05, 0) is 34.1 Å². The Morgan fingerprint density at radius 3 is 2.75 bits per heavy atom. The molecule has 11 heteroatoms. The fraction of sp³-hybridized carbons (Fsp3) is 0.333. The molecule has 0 saturated carbocycles. The van der Waals surface area contributed by atoms with Gasteiger partial charge in [0.15, 0.2) is 23.8 Å². The maximum Gasteiger partial charge on any atom is 0.164 e. The first-order valence-electron chi connectivity index (χ1n) is 9.73. The Hall–Kier alpha value is -2.27. The van der Waals surface area contributed by atoms with Crippen molar-refractivity contribution < 1.29 is 27.7 Å². The summed E-state index contributed by atoms with van der Waals surface area (Å²) in [6.45, 7) is 0.195. The molecule has 2 saturated heterocycles. The molecule has 4 atom stereocenters. The Labute approximate surface area is 195 Å². The zero-order valence-electron chi connectivity index (χ0n) is 16.6. The molecule has 2 unspecified atom stereocenters. The maximum absolute atomic E-state index is 14.4. The molecule has 5 rings (SSSR count). The Bertz CT molecular complexity index is 1190. The molecular formula is C21H17BrClF2N3O4. The number of benzene rings is 2. The van der Waals surface area contributed by atoms with Crippen LogP contribution in [0, 0.1) is 5.82 Å². The third-order valence-corrected chi connectivity index (χ3v) is 6.61. The van der Waals surface area contributed by atoms with Crippen LogP contribution in [0.15, 0.2) is 35.1 Å². The maximum atomic E-state index is 14.4. The van der Waals surface area contributed by atoms with Crippen molar-refractivity contribution >= 4 is 49.9 Å². The van der Waals surface area contributed by atoms with Crippen LogP contribution < -0.4 is 14.8 Å². The van der Waals surface area contributed by atoms with E-state index in [0.29, 0.717) is 37.7 Å². The van der Waals surface area contributed by atoms with Gasteiger partial charge in [0, 0.05) is 15.9 Å². The van der Waals surface area contributed by atoms with E-state index in [9.17, 15) is 8.78 Å². The van der Waals surface area contributed by atoms with E-state index in [1.165, 1.54) is 25.6 Å². The van der Waals surface area contributed by atoms with Crippen LogP contribution in [0.4, 0.5) is 20.3 Å². The highest BCUT2D eigenvalue weighted by atomic mass is 79.9. The molecule has 2 aliphatic rings. The van der Waals surface area contributed by atoms with Crippen LogP contribution in [0.25, 0.3) is 10.9 Å². The van der Waals surface area contributed by atoms with Crippen molar-refractivity contribution in [3.63, 3.8) is 0 Å². The van der Waals surface area contributed by atoms with Crippen molar-refractivity contribution in [1.29, 1.82) is 0 Å². The molecule has 168 valence electrons. The van der Waals surface area contributed by atoms with E-state index in [2.05, 4.69) is 31.2 Å². The highest BCUT2D eigenvalue weighted by Crippen LogP contribution is 2.39. The molecule has 7 nitrogen and oxygen atoms in total. The van der Waals surface area contributed by atoms with Gasteiger partial charge >= 0.3 is 0 Å². The summed E-state index contributed by atoms with van der Waals surface area (Å²) in [7, 11) is 1.50. The fourth-order valence-corrected chi connectivity index (χ4v) is 4.32. The van der Waals surface area contributed by atoms with Gasteiger partial charge in [0.05, 0.1) is 36.6 Å². The molecule has 0 bridgehead atoms. The number of nitrogens with zero attached hydrogens (tertiary/aromatic N) is 2. The van der Waals surface area contributed by atoms with Gasteiger partial charge in [-0.2, -0.15) is 0 Å². The zero-order chi connectivity index (χ0) is 22.4. The van der Waals surface area contributed by atoms with Gasteiger partial charge in [-0.25, -0.2) is 18.7 Å². The quantitative estimate of drug-likeness (QED) is 0.476. The second-order valence-electron chi connectivity index (χ2n) is 7.38. The van der Waals surface area contributed by atoms with Crippen LogP contribution in [0.3, 0.4) is 0 Å². The molecule has 2 aromatic carbocycles. The molecule has 0 spiro atoms. The van der Waals surface area contributed by atoms with Crippen molar-refractivity contribution in [3.05, 3.63) is 45.9 Å². The minimum absolute atomic E-state index is 0.0110. The number of hydrogen-bond donors (Lipinski definition) is 1. The average Bonchev–Trinajstić information content (AvgIpc) is 3.35. The first-order valence-corrected chi connectivity index (χ1v) is 10.9. The third-order valence-electron chi connectivity index (χ3n) is 5.41. The molecule has 2 aliphatic heterocycles. The highest BCUT2D eigenvalue weighted by molar-refractivity contribution is 9.10. The SMILES string of the molecule is COc1cc2c(Nc3cc(Cl)c(Br)cc3F)ncnc2cc1OC1CO[C@H]2C(F)CO[C@@H]12. The molecule has 1 N–H and O–H groups in total. The predicted octanol–water partition coefficient (Wildman–Crippen LogP) is 4.82. The highest BCUT2D eigenvalue weighted by Gasteiger charge is 2.49. The van der Waals surface area contributed by atoms with E-state index in [1.807, 2.05) is 0 Å². The van der Waals surface area contributed by atoms with E-state index in [-0.39, 0.29) is 18.9 Å². The van der Waals surface area contributed by atoms with Crippen LogP contribution in [-0.2, 0) is 9.47 Å². The molecule has 32 heavy (non-hydrogen) atoms. The van der Waals surface area contributed by atoms with Gasteiger partial charge in [0.2, 0.25) is 0 Å². The number of aromatic nitrogens is 2. The number of methoxy groups -OCH3 is 1. The van der Waals surface area contributed by atoms with Crippen LogP contribution in [0.2, 0.25) is 5.02 Å². The number of halogens is 4.